The molecule has 0 aromatic rings. The van der Waals surface area contributed by atoms with Gasteiger partial charge < -0.3 is 0 Å². The predicted octanol–water partition coefficient (Wildman–Crippen LogP) is 1.72. The topological polar surface area (TPSA) is 0 Å². The molecule has 0 fully saturated rings. The summed E-state index contributed by atoms with van der Waals surface area (Å²) in [6, 6.07) is 0. The van der Waals surface area contributed by atoms with Crippen LogP contribution in [0.25, 0.3) is 0 Å². The normalized spacial score (nSPS) is 20.2. The SMILES string of the molecule is ClC1C=CC=C1. The van der Waals surface area contributed by atoms with E-state index < -0.39 is 0 Å². The molecule has 0 nitrogen and oxygen atoms in total. The van der Waals surface area contributed by atoms with Crippen LogP contribution in [-0.2, 0) is 0 Å². The highest BCUT2D eigenvalue weighted by Gasteiger charge is 1.92. The Labute approximate surface area is 42.1 Å². The minimum absolute atomic E-state index is 0.157. The third-order valence-electron chi connectivity index (χ3n) is 0.701. The summed E-state index contributed by atoms with van der Waals surface area (Å²) in [5.41, 5.74) is 0. The van der Waals surface area contributed by atoms with Gasteiger partial charge in [0, 0.05) is 0 Å². The third-order valence-corrected chi connectivity index (χ3v) is 0.992. The lowest BCUT2D eigenvalue weighted by atomic mass is 10.5. The molecule has 0 saturated carbocycles. The number of alkyl halides is 1. The second kappa shape index (κ2) is 1.48. The summed E-state index contributed by atoms with van der Waals surface area (Å²) in [4.78, 5) is 0. The lowest BCUT2D eigenvalue weighted by Crippen LogP contribution is -1.76. The van der Waals surface area contributed by atoms with E-state index in [1.165, 1.54) is 0 Å². The largest absolute Gasteiger partial charge is 0.114 e. The van der Waals surface area contributed by atoms with Crippen molar-refractivity contribution < 1.29 is 0 Å². The zero-order valence-corrected chi connectivity index (χ0v) is 4.02. The highest BCUT2D eigenvalue weighted by atomic mass is 35.5. The Morgan fingerprint density at radius 2 is 1.67 bits per heavy atom. The van der Waals surface area contributed by atoms with E-state index in [0.29, 0.717) is 0 Å². The average Bonchev–Trinajstić information content (AvgIpc) is 1.86. The lowest BCUT2D eigenvalue weighted by Gasteiger charge is -1.80. The van der Waals surface area contributed by atoms with Gasteiger partial charge in [0.05, 0.1) is 5.38 Å². The molecule has 0 bridgehead atoms. The van der Waals surface area contributed by atoms with Gasteiger partial charge in [-0.3, -0.25) is 0 Å². The van der Waals surface area contributed by atoms with Crippen LogP contribution in [0.5, 0.6) is 0 Å². The van der Waals surface area contributed by atoms with Crippen LogP contribution in [0.3, 0.4) is 0 Å². The van der Waals surface area contributed by atoms with Crippen LogP contribution < -0.4 is 0 Å². The van der Waals surface area contributed by atoms with Crippen molar-refractivity contribution in [3.8, 4) is 0 Å². The molecule has 1 heteroatoms. The van der Waals surface area contributed by atoms with E-state index in [4.69, 9.17) is 11.6 Å². The number of rotatable bonds is 0. The summed E-state index contributed by atoms with van der Waals surface area (Å²) >= 11 is 5.54. The summed E-state index contributed by atoms with van der Waals surface area (Å²) in [6.45, 7) is 0. The van der Waals surface area contributed by atoms with Gasteiger partial charge in [-0.05, 0) is 0 Å². The molecule has 0 heterocycles. The first-order chi connectivity index (χ1) is 2.89. The van der Waals surface area contributed by atoms with Crippen molar-refractivity contribution in [1.82, 2.24) is 0 Å². The molecule has 0 saturated heterocycles. The Bertz CT molecular complexity index is 80.1. The fraction of sp³-hybridized carbons (Fsp3) is 0.200. The van der Waals surface area contributed by atoms with E-state index >= 15 is 0 Å². The van der Waals surface area contributed by atoms with Crippen LogP contribution in [0.2, 0.25) is 0 Å². The smallest absolute Gasteiger partial charge is 0.0702 e. The molecule has 0 amide bonds. The molecular formula is C5H5Cl. The van der Waals surface area contributed by atoms with Crippen molar-refractivity contribution in [2.75, 3.05) is 0 Å². The maximum atomic E-state index is 5.54. The lowest BCUT2D eigenvalue weighted by molar-refractivity contribution is 1.45. The van der Waals surface area contributed by atoms with Crippen molar-refractivity contribution in [2.24, 2.45) is 0 Å². The van der Waals surface area contributed by atoms with Crippen LogP contribution in [0, 0.1) is 0 Å². The summed E-state index contributed by atoms with van der Waals surface area (Å²) in [7, 11) is 0. The molecule has 0 radical (unpaired) electrons. The second-order valence-electron chi connectivity index (χ2n) is 1.21. The minimum Gasteiger partial charge on any atom is -0.114 e. The Balaban J connectivity index is 2.60. The molecule has 1 aliphatic carbocycles. The standard InChI is InChI=1S/C5H5Cl/c6-5-3-1-2-4-5/h1-5H. The molecule has 1 aliphatic rings. The molecule has 0 unspecified atom stereocenters. The first kappa shape index (κ1) is 3.94. The third kappa shape index (κ3) is 0.631. The monoisotopic (exact) mass is 100 g/mol. The number of hydrogen-bond acceptors (Lipinski definition) is 0. The van der Waals surface area contributed by atoms with Gasteiger partial charge in [-0.2, -0.15) is 0 Å². The Morgan fingerprint density at radius 1 is 1.17 bits per heavy atom. The number of hydrogen-bond donors (Lipinski definition) is 0. The van der Waals surface area contributed by atoms with Crippen LogP contribution in [-0.4, -0.2) is 5.38 Å². The van der Waals surface area contributed by atoms with Crippen LogP contribution in [0.15, 0.2) is 24.3 Å². The molecule has 6 heavy (non-hydrogen) atoms. The van der Waals surface area contributed by atoms with Gasteiger partial charge in [-0.1, -0.05) is 24.3 Å². The van der Waals surface area contributed by atoms with E-state index in [9.17, 15) is 0 Å². The van der Waals surface area contributed by atoms with Gasteiger partial charge in [0.1, 0.15) is 0 Å². The molecule has 0 aromatic carbocycles. The predicted molar refractivity (Wildman–Crippen MR) is 27.9 cm³/mol. The van der Waals surface area contributed by atoms with Gasteiger partial charge in [-0.15, -0.1) is 11.6 Å². The molecule has 0 atom stereocenters. The first-order valence-corrected chi connectivity index (χ1v) is 2.32. The molecule has 32 valence electrons. The Kier molecular flexibility index (Phi) is 0.972. The summed E-state index contributed by atoms with van der Waals surface area (Å²) < 4.78 is 0. The molecular weight excluding hydrogens is 95.5 g/mol. The molecule has 0 spiro atoms. The maximum Gasteiger partial charge on any atom is 0.0702 e. The van der Waals surface area contributed by atoms with Crippen molar-refractivity contribution in [2.45, 2.75) is 5.38 Å². The van der Waals surface area contributed by atoms with E-state index in [0.717, 1.165) is 0 Å². The fourth-order valence-corrected chi connectivity index (χ4v) is 0.573. The molecule has 0 aliphatic heterocycles. The first-order valence-electron chi connectivity index (χ1n) is 1.88. The zero-order chi connectivity index (χ0) is 4.41. The minimum atomic E-state index is 0.157. The Hall–Kier alpha value is -0.230. The highest BCUT2D eigenvalue weighted by Crippen LogP contribution is 2.05. The van der Waals surface area contributed by atoms with Crippen LogP contribution in [0.4, 0.5) is 0 Å². The Morgan fingerprint density at radius 3 is 1.83 bits per heavy atom. The van der Waals surface area contributed by atoms with E-state index in [2.05, 4.69) is 0 Å². The van der Waals surface area contributed by atoms with Crippen molar-refractivity contribution in [1.29, 1.82) is 0 Å². The number of allylic oxidation sites excluding steroid dienone is 4. The van der Waals surface area contributed by atoms with Gasteiger partial charge in [-0.25, -0.2) is 0 Å². The molecule has 0 aromatic heterocycles. The summed E-state index contributed by atoms with van der Waals surface area (Å²) in [6.07, 6.45) is 7.75. The van der Waals surface area contributed by atoms with Gasteiger partial charge in [0.15, 0.2) is 0 Å². The molecule has 0 N–H and O–H groups in total. The molecule has 1 rings (SSSR count). The average molecular weight is 101 g/mol. The van der Waals surface area contributed by atoms with Crippen molar-refractivity contribution in [3.05, 3.63) is 24.3 Å². The van der Waals surface area contributed by atoms with Crippen molar-refractivity contribution in [3.63, 3.8) is 0 Å². The quantitative estimate of drug-likeness (QED) is 0.407. The van der Waals surface area contributed by atoms with E-state index in [-0.39, 0.29) is 5.38 Å². The second-order valence-corrected chi connectivity index (χ2v) is 1.72. The van der Waals surface area contributed by atoms with E-state index in [1.807, 2.05) is 24.3 Å². The van der Waals surface area contributed by atoms with Crippen LogP contribution >= 0.6 is 11.6 Å². The maximum absolute atomic E-state index is 5.54. The van der Waals surface area contributed by atoms with Gasteiger partial charge >= 0.3 is 0 Å². The van der Waals surface area contributed by atoms with E-state index in [1.54, 1.807) is 0 Å². The number of halogens is 1. The van der Waals surface area contributed by atoms with Crippen LogP contribution in [0.1, 0.15) is 0 Å². The zero-order valence-electron chi connectivity index (χ0n) is 3.26. The van der Waals surface area contributed by atoms with Gasteiger partial charge in [0.25, 0.3) is 0 Å². The fourth-order valence-electron chi connectivity index (χ4n) is 0.405. The summed E-state index contributed by atoms with van der Waals surface area (Å²) in [5.74, 6) is 0. The highest BCUT2D eigenvalue weighted by molar-refractivity contribution is 6.23. The van der Waals surface area contributed by atoms with Crippen molar-refractivity contribution >= 4 is 11.6 Å². The summed E-state index contributed by atoms with van der Waals surface area (Å²) in [5, 5.41) is 0.157. The van der Waals surface area contributed by atoms with Gasteiger partial charge in [0.2, 0.25) is 0 Å².